The van der Waals surface area contributed by atoms with Crippen molar-refractivity contribution in [3.63, 3.8) is 0 Å². The van der Waals surface area contributed by atoms with Crippen molar-refractivity contribution >= 4 is 12.3 Å². The van der Waals surface area contributed by atoms with Gasteiger partial charge in [-0.25, -0.2) is 0 Å². The van der Waals surface area contributed by atoms with Crippen molar-refractivity contribution in [2.75, 3.05) is 7.11 Å². The van der Waals surface area contributed by atoms with Crippen LogP contribution < -0.4 is 0 Å². The SMILES string of the molecule is CC=C(C=O)C1C(C(=O)OC)C1(C)C. The lowest BCUT2D eigenvalue weighted by molar-refractivity contribution is -0.143. The molecule has 0 bridgehead atoms. The van der Waals surface area contributed by atoms with Crippen molar-refractivity contribution in [3.8, 4) is 0 Å². The number of aldehydes is 1. The minimum atomic E-state index is -0.221. The molecule has 1 saturated carbocycles. The maximum absolute atomic E-state index is 11.4. The first-order chi connectivity index (χ1) is 6.50. The van der Waals surface area contributed by atoms with Gasteiger partial charge in [0.05, 0.1) is 13.0 Å². The summed E-state index contributed by atoms with van der Waals surface area (Å²) < 4.78 is 4.70. The van der Waals surface area contributed by atoms with Crippen LogP contribution in [0.5, 0.6) is 0 Å². The molecule has 0 aromatic rings. The number of ether oxygens (including phenoxy) is 1. The molecule has 0 radical (unpaired) electrons. The van der Waals surface area contributed by atoms with Gasteiger partial charge in [-0.2, -0.15) is 0 Å². The number of esters is 1. The van der Waals surface area contributed by atoms with Gasteiger partial charge in [-0.05, 0) is 17.9 Å². The first kappa shape index (κ1) is 11.0. The summed E-state index contributed by atoms with van der Waals surface area (Å²) in [7, 11) is 1.38. The van der Waals surface area contributed by atoms with Crippen LogP contribution >= 0.6 is 0 Å². The van der Waals surface area contributed by atoms with Crippen molar-refractivity contribution < 1.29 is 14.3 Å². The molecule has 0 aliphatic heterocycles. The van der Waals surface area contributed by atoms with E-state index in [0.717, 1.165) is 6.29 Å². The molecule has 0 saturated heterocycles. The molecule has 0 aromatic carbocycles. The van der Waals surface area contributed by atoms with Gasteiger partial charge < -0.3 is 4.74 Å². The van der Waals surface area contributed by atoms with E-state index < -0.39 is 0 Å². The second-order valence-corrected chi connectivity index (χ2v) is 4.21. The van der Waals surface area contributed by atoms with Crippen LogP contribution in [0.1, 0.15) is 20.8 Å². The Morgan fingerprint density at radius 3 is 2.29 bits per heavy atom. The maximum atomic E-state index is 11.4. The average molecular weight is 196 g/mol. The van der Waals surface area contributed by atoms with Crippen LogP contribution in [0.15, 0.2) is 11.6 Å². The number of methoxy groups -OCH3 is 1. The quantitative estimate of drug-likeness (QED) is 0.391. The Morgan fingerprint density at radius 2 is 1.93 bits per heavy atom. The molecule has 0 aromatic heterocycles. The summed E-state index contributed by atoms with van der Waals surface area (Å²) in [6, 6.07) is 0. The number of carbonyl (C=O) groups excluding carboxylic acids is 2. The smallest absolute Gasteiger partial charge is 0.309 e. The minimum Gasteiger partial charge on any atom is -0.469 e. The van der Waals surface area contributed by atoms with Crippen molar-refractivity contribution in [1.29, 1.82) is 0 Å². The third-order valence-electron chi connectivity index (χ3n) is 3.11. The summed E-state index contributed by atoms with van der Waals surface area (Å²) in [5, 5.41) is 0. The number of hydrogen-bond acceptors (Lipinski definition) is 3. The van der Waals surface area contributed by atoms with Gasteiger partial charge in [0.2, 0.25) is 0 Å². The highest BCUT2D eigenvalue weighted by Gasteiger charge is 2.63. The maximum Gasteiger partial charge on any atom is 0.309 e. The van der Waals surface area contributed by atoms with E-state index in [-0.39, 0.29) is 23.2 Å². The fourth-order valence-corrected chi connectivity index (χ4v) is 2.15. The molecule has 0 N–H and O–H groups in total. The van der Waals surface area contributed by atoms with Crippen LogP contribution in [0.4, 0.5) is 0 Å². The summed E-state index contributed by atoms with van der Waals surface area (Å²) in [6.07, 6.45) is 2.59. The molecule has 0 spiro atoms. The summed E-state index contributed by atoms with van der Waals surface area (Å²) in [5.74, 6) is -0.359. The van der Waals surface area contributed by atoms with Crippen LogP contribution in [-0.2, 0) is 14.3 Å². The Kier molecular flexibility index (Phi) is 2.79. The van der Waals surface area contributed by atoms with Gasteiger partial charge in [-0.3, -0.25) is 9.59 Å². The van der Waals surface area contributed by atoms with Gasteiger partial charge in [0, 0.05) is 5.92 Å². The highest BCUT2D eigenvalue weighted by atomic mass is 16.5. The molecule has 1 aliphatic carbocycles. The molecule has 2 atom stereocenters. The molecule has 0 amide bonds. The van der Waals surface area contributed by atoms with Gasteiger partial charge in [-0.1, -0.05) is 19.9 Å². The lowest BCUT2D eigenvalue weighted by atomic mass is 10.0. The molecule has 1 fully saturated rings. The Balaban J connectivity index is 2.85. The van der Waals surface area contributed by atoms with E-state index in [2.05, 4.69) is 0 Å². The fraction of sp³-hybridized carbons (Fsp3) is 0.636. The predicted octanol–water partition coefficient (Wildman–Crippen LogP) is 1.58. The summed E-state index contributed by atoms with van der Waals surface area (Å²) in [5.41, 5.74) is 0.556. The van der Waals surface area contributed by atoms with Crippen LogP contribution in [0.25, 0.3) is 0 Å². The van der Waals surface area contributed by atoms with Crippen molar-refractivity contribution in [3.05, 3.63) is 11.6 Å². The van der Waals surface area contributed by atoms with Crippen LogP contribution in [0.3, 0.4) is 0 Å². The first-order valence-electron chi connectivity index (χ1n) is 4.69. The first-order valence-corrected chi connectivity index (χ1v) is 4.69. The Labute approximate surface area is 84.1 Å². The van der Waals surface area contributed by atoms with E-state index in [4.69, 9.17) is 4.74 Å². The highest BCUT2D eigenvalue weighted by Crippen LogP contribution is 2.61. The van der Waals surface area contributed by atoms with Crippen LogP contribution in [0.2, 0.25) is 0 Å². The van der Waals surface area contributed by atoms with Gasteiger partial charge in [0.25, 0.3) is 0 Å². The third-order valence-corrected chi connectivity index (χ3v) is 3.11. The molecular weight excluding hydrogens is 180 g/mol. The third kappa shape index (κ3) is 1.47. The largest absolute Gasteiger partial charge is 0.469 e. The number of hydrogen-bond donors (Lipinski definition) is 0. The van der Waals surface area contributed by atoms with Crippen molar-refractivity contribution in [2.45, 2.75) is 20.8 Å². The summed E-state index contributed by atoms with van der Waals surface area (Å²) in [4.78, 5) is 22.1. The topological polar surface area (TPSA) is 43.4 Å². The van der Waals surface area contributed by atoms with E-state index in [9.17, 15) is 9.59 Å². The van der Waals surface area contributed by atoms with Crippen LogP contribution in [-0.4, -0.2) is 19.4 Å². The normalized spacial score (nSPS) is 29.6. The molecule has 1 rings (SSSR count). The van der Waals surface area contributed by atoms with E-state index >= 15 is 0 Å². The number of rotatable bonds is 3. The Morgan fingerprint density at radius 1 is 1.36 bits per heavy atom. The van der Waals surface area contributed by atoms with E-state index in [1.165, 1.54) is 7.11 Å². The predicted molar refractivity (Wildman–Crippen MR) is 52.6 cm³/mol. The zero-order chi connectivity index (χ0) is 10.9. The zero-order valence-corrected chi connectivity index (χ0v) is 9.03. The van der Waals surface area contributed by atoms with Gasteiger partial charge in [0.1, 0.15) is 6.29 Å². The van der Waals surface area contributed by atoms with Gasteiger partial charge >= 0.3 is 5.97 Å². The fourth-order valence-electron chi connectivity index (χ4n) is 2.15. The highest BCUT2D eigenvalue weighted by molar-refractivity contribution is 5.84. The molecule has 3 nitrogen and oxygen atoms in total. The lowest BCUT2D eigenvalue weighted by Gasteiger charge is -2.00. The van der Waals surface area contributed by atoms with Gasteiger partial charge in [0.15, 0.2) is 0 Å². The van der Waals surface area contributed by atoms with E-state index in [1.807, 2.05) is 20.8 Å². The summed E-state index contributed by atoms with van der Waals surface area (Å²) >= 11 is 0. The van der Waals surface area contributed by atoms with Crippen molar-refractivity contribution in [1.82, 2.24) is 0 Å². The number of allylic oxidation sites excluding steroid dienone is 2. The standard InChI is InChI=1S/C11H16O3/c1-5-7(6-12)8-9(10(13)14-4)11(8,2)3/h5-6,8-9H,1-4H3. The van der Waals surface area contributed by atoms with E-state index in [0.29, 0.717) is 5.57 Å². The molecule has 3 heteroatoms. The molecule has 78 valence electrons. The summed E-state index contributed by atoms with van der Waals surface area (Å²) in [6.45, 7) is 5.77. The lowest BCUT2D eigenvalue weighted by Crippen LogP contribution is -2.07. The molecule has 1 aliphatic rings. The molecular formula is C11H16O3. The second-order valence-electron chi connectivity index (χ2n) is 4.21. The zero-order valence-electron chi connectivity index (χ0n) is 9.03. The molecule has 0 heterocycles. The Hall–Kier alpha value is -1.12. The monoisotopic (exact) mass is 196 g/mol. The van der Waals surface area contributed by atoms with Gasteiger partial charge in [-0.15, -0.1) is 0 Å². The minimum absolute atomic E-state index is 0.0254. The molecule has 14 heavy (non-hydrogen) atoms. The molecule has 2 unspecified atom stereocenters. The average Bonchev–Trinajstić information content (AvgIpc) is 2.71. The number of carbonyl (C=O) groups is 2. The van der Waals surface area contributed by atoms with Crippen LogP contribution in [0, 0.1) is 17.3 Å². The van der Waals surface area contributed by atoms with E-state index in [1.54, 1.807) is 6.08 Å². The van der Waals surface area contributed by atoms with Crippen molar-refractivity contribution in [2.24, 2.45) is 17.3 Å². The Bertz CT molecular complexity index is 289. The second kappa shape index (κ2) is 3.56.